The van der Waals surface area contributed by atoms with Gasteiger partial charge in [0.25, 0.3) is 0 Å². The number of rotatable bonds is 6. The molecule has 1 aromatic carbocycles. The zero-order valence-corrected chi connectivity index (χ0v) is 13.0. The van der Waals surface area contributed by atoms with E-state index in [-0.39, 0.29) is 0 Å². The number of benzene rings is 1. The molecule has 2 unspecified atom stereocenters. The maximum absolute atomic E-state index is 3.86. The molecule has 1 nitrogen and oxygen atoms in total. The molecule has 0 saturated heterocycles. The number of hydrogen-bond donors (Lipinski definition) is 1. The molecule has 20 heavy (non-hydrogen) atoms. The van der Waals surface area contributed by atoms with Crippen LogP contribution in [-0.4, -0.2) is 24.1 Å². The molecule has 2 heteroatoms. The maximum atomic E-state index is 3.86. The SMILES string of the molecule is C=CCSCCNC1C2CCC1Cc1ccccc1C2. The largest absolute Gasteiger partial charge is 0.313 e. The summed E-state index contributed by atoms with van der Waals surface area (Å²) in [6.45, 7) is 4.92. The summed E-state index contributed by atoms with van der Waals surface area (Å²) in [5, 5.41) is 3.86. The van der Waals surface area contributed by atoms with E-state index >= 15 is 0 Å². The van der Waals surface area contributed by atoms with Gasteiger partial charge < -0.3 is 5.32 Å². The average molecular weight is 287 g/mol. The van der Waals surface area contributed by atoms with Crippen molar-refractivity contribution in [1.29, 1.82) is 0 Å². The van der Waals surface area contributed by atoms with Crippen molar-refractivity contribution in [3.8, 4) is 0 Å². The van der Waals surface area contributed by atoms with E-state index in [4.69, 9.17) is 0 Å². The first-order valence-corrected chi connectivity index (χ1v) is 9.02. The number of thioether (sulfide) groups is 1. The Hall–Kier alpha value is -0.730. The third-order valence-electron chi connectivity index (χ3n) is 4.87. The van der Waals surface area contributed by atoms with Crippen molar-refractivity contribution in [3.63, 3.8) is 0 Å². The molecule has 0 heterocycles. The summed E-state index contributed by atoms with van der Waals surface area (Å²) in [5.74, 6) is 3.99. The van der Waals surface area contributed by atoms with Gasteiger partial charge in [-0.05, 0) is 48.6 Å². The molecule has 1 aromatic rings. The fourth-order valence-electron chi connectivity index (χ4n) is 3.95. The lowest BCUT2D eigenvalue weighted by molar-refractivity contribution is 0.350. The molecule has 2 aliphatic rings. The minimum Gasteiger partial charge on any atom is -0.313 e. The molecule has 0 spiro atoms. The van der Waals surface area contributed by atoms with E-state index in [0.717, 1.165) is 30.2 Å². The van der Waals surface area contributed by atoms with Crippen LogP contribution in [0.4, 0.5) is 0 Å². The Morgan fingerprint density at radius 2 is 1.80 bits per heavy atom. The summed E-state index contributed by atoms with van der Waals surface area (Å²) in [5.41, 5.74) is 3.21. The first-order valence-electron chi connectivity index (χ1n) is 7.87. The zero-order valence-electron chi connectivity index (χ0n) is 12.2. The van der Waals surface area contributed by atoms with Crippen LogP contribution in [0, 0.1) is 11.8 Å². The predicted octanol–water partition coefficient (Wildman–Crippen LogP) is 3.69. The lowest BCUT2D eigenvalue weighted by Crippen LogP contribution is -2.39. The van der Waals surface area contributed by atoms with Gasteiger partial charge in [-0.3, -0.25) is 0 Å². The second-order valence-electron chi connectivity index (χ2n) is 6.12. The maximum Gasteiger partial charge on any atom is 0.0130 e. The summed E-state index contributed by atoms with van der Waals surface area (Å²) < 4.78 is 0. The highest BCUT2D eigenvalue weighted by molar-refractivity contribution is 7.99. The molecule has 0 amide bonds. The molecule has 1 fully saturated rings. The predicted molar refractivity (Wildman–Crippen MR) is 89.4 cm³/mol. The molecule has 2 atom stereocenters. The van der Waals surface area contributed by atoms with Crippen LogP contribution in [-0.2, 0) is 12.8 Å². The van der Waals surface area contributed by atoms with Crippen molar-refractivity contribution in [2.45, 2.75) is 31.7 Å². The van der Waals surface area contributed by atoms with Gasteiger partial charge in [-0.2, -0.15) is 11.8 Å². The molecular weight excluding hydrogens is 262 g/mol. The van der Waals surface area contributed by atoms with Crippen molar-refractivity contribution in [1.82, 2.24) is 5.32 Å². The second-order valence-corrected chi connectivity index (χ2v) is 7.27. The smallest absolute Gasteiger partial charge is 0.0130 e. The number of fused-ring (bicyclic) bond motifs is 3. The average Bonchev–Trinajstić information content (AvgIpc) is 2.74. The molecule has 0 radical (unpaired) electrons. The van der Waals surface area contributed by atoms with Crippen LogP contribution in [0.1, 0.15) is 24.0 Å². The van der Waals surface area contributed by atoms with E-state index in [1.54, 1.807) is 11.1 Å². The van der Waals surface area contributed by atoms with Crippen LogP contribution >= 0.6 is 11.8 Å². The molecule has 1 N–H and O–H groups in total. The van der Waals surface area contributed by atoms with Crippen LogP contribution < -0.4 is 5.32 Å². The Bertz CT molecular complexity index is 423. The lowest BCUT2D eigenvalue weighted by atomic mass is 9.94. The van der Waals surface area contributed by atoms with Crippen LogP contribution in [0.3, 0.4) is 0 Å². The first kappa shape index (κ1) is 14.2. The van der Waals surface area contributed by atoms with Crippen LogP contribution in [0.5, 0.6) is 0 Å². The Balaban J connectivity index is 1.59. The molecule has 1 saturated carbocycles. The standard InChI is InChI=1S/C18H25NS/c1-2-10-20-11-9-19-18-16-7-8-17(18)13-15-6-4-3-5-14(15)12-16/h2-6,16-19H,1,7-13H2. The van der Waals surface area contributed by atoms with Crippen LogP contribution in [0.2, 0.25) is 0 Å². The van der Waals surface area contributed by atoms with Gasteiger partial charge in [0.15, 0.2) is 0 Å². The van der Waals surface area contributed by atoms with Gasteiger partial charge in [0.05, 0.1) is 0 Å². The molecule has 3 rings (SSSR count). The number of hydrogen-bond acceptors (Lipinski definition) is 2. The topological polar surface area (TPSA) is 12.0 Å². The quantitative estimate of drug-likeness (QED) is 0.632. The highest BCUT2D eigenvalue weighted by Gasteiger charge is 2.38. The first-order chi connectivity index (χ1) is 9.88. The summed E-state index contributed by atoms with van der Waals surface area (Å²) >= 11 is 1.98. The van der Waals surface area contributed by atoms with Gasteiger partial charge in [-0.25, -0.2) is 0 Å². The van der Waals surface area contributed by atoms with E-state index in [2.05, 4.69) is 36.2 Å². The molecule has 108 valence electrons. The van der Waals surface area contributed by atoms with Crippen molar-refractivity contribution in [2.24, 2.45) is 11.8 Å². The summed E-state index contributed by atoms with van der Waals surface area (Å²) in [6, 6.07) is 9.82. The highest BCUT2D eigenvalue weighted by atomic mass is 32.2. The fraction of sp³-hybridized carbons (Fsp3) is 0.556. The van der Waals surface area contributed by atoms with Crippen molar-refractivity contribution in [2.75, 3.05) is 18.1 Å². The van der Waals surface area contributed by atoms with Gasteiger partial charge >= 0.3 is 0 Å². The van der Waals surface area contributed by atoms with E-state index in [9.17, 15) is 0 Å². The van der Waals surface area contributed by atoms with Crippen LogP contribution in [0.15, 0.2) is 36.9 Å². The van der Waals surface area contributed by atoms with E-state index in [0.29, 0.717) is 0 Å². The van der Waals surface area contributed by atoms with E-state index in [1.807, 2.05) is 17.8 Å². The lowest BCUT2D eigenvalue weighted by Gasteiger charge is -2.23. The van der Waals surface area contributed by atoms with Crippen molar-refractivity contribution >= 4 is 11.8 Å². The Morgan fingerprint density at radius 1 is 1.15 bits per heavy atom. The van der Waals surface area contributed by atoms with Gasteiger partial charge in [-0.15, -0.1) is 6.58 Å². The van der Waals surface area contributed by atoms with Gasteiger partial charge in [0, 0.05) is 24.1 Å². The normalized spacial score (nSPS) is 27.9. The van der Waals surface area contributed by atoms with Gasteiger partial charge in [-0.1, -0.05) is 30.3 Å². The third kappa shape index (κ3) is 3.12. The molecule has 2 aliphatic carbocycles. The minimum atomic E-state index is 0.742. The fourth-order valence-corrected chi connectivity index (χ4v) is 4.54. The third-order valence-corrected chi connectivity index (χ3v) is 5.83. The van der Waals surface area contributed by atoms with E-state index < -0.39 is 0 Å². The molecule has 0 aromatic heterocycles. The summed E-state index contributed by atoms with van der Waals surface area (Å²) in [7, 11) is 0. The molecule has 0 aliphatic heterocycles. The second kappa shape index (κ2) is 6.82. The van der Waals surface area contributed by atoms with Crippen molar-refractivity contribution in [3.05, 3.63) is 48.0 Å². The van der Waals surface area contributed by atoms with Gasteiger partial charge in [0.1, 0.15) is 0 Å². The Kier molecular flexibility index (Phi) is 4.85. The van der Waals surface area contributed by atoms with Crippen molar-refractivity contribution < 1.29 is 0 Å². The number of nitrogens with one attached hydrogen (secondary N) is 1. The summed E-state index contributed by atoms with van der Waals surface area (Å²) in [6.07, 6.45) is 7.39. The highest BCUT2D eigenvalue weighted by Crippen LogP contribution is 2.39. The zero-order chi connectivity index (χ0) is 13.8. The van der Waals surface area contributed by atoms with Crippen LogP contribution in [0.25, 0.3) is 0 Å². The molecule has 2 bridgehead atoms. The monoisotopic (exact) mass is 287 g/mol. The summed E-state index contributed by atoms with van der Waals surface area (Å²) in [4.78, 5) is 0. The van der Waals surface area contributed by atoms with E-state index in [1.165, 1.54) is 31.4 Å². The molecular formula is C18H25NS. The van der Waals surface area contributed by atoms with Gasteiger partial charge in [0.2, 0.25) is 0 Å². The minimum absolute atomic E-state index is 0.742. The Labute approximate surface area is 127 Å². The Morgan fingerprint density at radius 3 is 2.40 bits per heavy atom.